The summed E-state index contributed by atoms with van der Waals surface area (Å²) in [5.74, 6) is 0.600. The number of carbonyl (C=O) groups is 2. The smallest absolute Gasteiger partial charge is 0.255 e. The van der Waals surface area contributed by atoms with Gasteiger partial charge in [0.15, 0.2) is 0 Å². The van der Waals surface area contributed by atoms with Gasteiger partial charge in [0.1, 0.15) is 5.75 Å². The Morgan fingerprint density at radius 3 is 2.18 bits per heavy atom. The average molecular weight is 572 g/mol. The molecule has 0 atom stereocenters. The predicted molar refractivity (Wildman–Crippen MR) is 161 cm³/mol. The Kier molecular flexibility index (Phi) is 11.5. The molecule has 9 heteroatoms. The maximum Gasteiger partial charge on any atom is 0.255 e. The lowest BCUT2D eigenvalue weighted by Crippen LogP contribution is -2.46. The van der Waals surface area contributed by atoms with Gasteiger partial charge in [-0.25, -0.2) is 0 Å². The molecule has 0 bridgehead atoms. The minimum absolute atomic E-state index is 0. The van der Waals surface area contributed by atoms with Crippen LogP contribution in [0.4, 0.5) is 11.4 Å². The predicted octanol–water partition coefficient (Wildman–Crippen LogP) is 5.66. The third-order valence-electron chi connectivity index (χ3n) is 6.75. The zero-order chi connectivity index (χ0) is 26.9. The summed E-state index contributed by atoms with van der Waals surface area (Å²) < 4.78 is 5.58. The summed E-state index contributed by atoms with van der Waals surface area (Å²) in [4.78, 5) is 29.7. The van der Waals surface area contributed by atoms with E-state index in [4.69, 9.17) is 16.3 Å². The lowest BCUT2D eigenvalue weighted by atomic mass is 10.1. The number of nitrogens with zero attached hydrogens (tertiary/aromatic N) is 2. The zero-order valence-electron chi connectivity index (χ0n) is 22.4. The van der Waals surface area contributed by atoms with Crippen LogP contribution in [0.25, 0.3) is 0 Å². The number of carbonyl (C=O) groups excluding carboxylic acids is 2. The molecule has 0 aromatic heterocycles. The molecule has 4 rings (SSSR count). The SMILES string of the molecule is COc1cc(C)ccc1N1CCN(CCCCNC(=O)c2ccc(NC(=O)c3ccc(Cl)cc3)cc2)CC1.Cl. The van der Waals surface area contributed by atoms with Crippen LogP contribution in [0.2, 0.25) is 5.02 Å². The zero-order valence-corrected chi connectivity index (χ0v) is 24.0. The molecule has 2 amide bonds. The fourth-order valence-corrected chi connectivity index (χ4v) is 4.66. The largest absolute Gasteiger partial charge is 0.495 e. The molecule has 0 unspecified atom stereocenters. The van der Waals surface area contributed by atoms with E-state index in [1.807, 2.05) is 0 Å². The number of methoxy groups -OCH3 is 1. The first-order valence-corrected chi connectivity index (χ1v) is 13.4. The van der Waals surface area contributed by atoms with Gasteiger partial charge in [0.05, 0.1) is 12.8 Å². The van der Waals surface area contributed by atoms with E-state index in [9.17, 15) is 9.59 Å². The van der Waals surface area contributed by atoms with Gasteiger partial charge in [-0.2, -0.15) is 0 Å². The molecular weight excluding hydrogens is 535 g/mol. The second-order valence-electron chi connectivity index (χ2n) is 9.51. The van der Waals surface area contributed by atoms with Crippen molar-refractivity contribution in [1.29, 1.82) is 0 Å². The third kappa shape index (κ3) is 8.62. The van der Waals surface area contributed by atoms with E-state index < -0.39 is 0 Å². The molecule has 3 aromatic carbocycles. The number of hydrogen-bond acceptors (Lipinski definition) is 5. The molecule has 208 valence electrons. The quantitative estimate of drug-likeness (QED) is 0.307. The van der Waals surface area contributed by atoms with E-state index in [2.05, 4.69) is 45.6 Å². The van der Waals surface area contributed by atoms with Crippen molar-refractivity contribution in [3.05, 3.63) is 88.4 Å². The van der Waals surface area contributed by atoms with Crippen LogP contribution in [0, 0.1) is 6.92 Å². The second kappa shape index (κ2) is 14.8. The molecule has 1 saturated heterocycles. The van der Waals surface area contributed by atoms with E-state index in [0.717, 1.165) is 57.0 Å². The van der Waals surface area contributed by atoms with Crippen molar-refractivity contribution in [2.75, 3.05) is 56.6 Å². The van der Waals surface area contributed by atoms with Crippen molar-refractivity contribution >= 4 is 47.2 Å². The number of aryl methyl sites for hydroxylation is 1. The molecule has 0 spiro atoms. The molecule has 1 heterocycles. The third-order valence-corrected chi connectivity index (χ3v) is 7.00. The van der Waals surface area contributed by atoms with Crippen molar-refractivity contribution in [2.24, 2.45) is 0 Å². The van der Waals surface area contributed by atoms with E-state index >= 15 is 0 Å². The highest BCUT2D eigenvalue weighted by atomic mass is 35.5. The number of rotatable bonds is 10. The molecule has 0 saturated carbocycles. The molecule has 1 fully saturated rings. The minimum atomic E-state index is -0.227. The van der Waals surface area contributed by atoms with E-state index in [0.29, 0.717) is 28.4 Å². The van der Waals surface area contributed by atoms with Crippen LogP contribution in [0.5, 0.6) is 5.75 Å². The van der Waals surface area contributed by atoms with Crippen molar-refractivity contribution in [1.82, 2.24) is 10.2 Å². The fraction of sp³-hybridized carbons (Fsp3) is 0.333. The first-order chi connectivity index (χ1) is 18.4. The van der Waals surface area contributed by atoms with Gasteiger partial charge in [0.25, 0.3) is 11.8 Å². The molecular formula is C30H36Cl2N4O3. The number of benzene rings is 3. The van der Waals surface area contributed by atoms with E-state index in [1.54, 1.807) is 55.6 Å². The Bertz CT molecular complexity index is 1230. The summed E-state index contributed by atoms with van der Waals surface area (Å²) in [6, 6.07) is 20.0. The highest BCUT2D eigenvalue weighted by Crippen LogP contribution is 2.30. The lowest BCUT2D eigenvalue weighted by Gasteiger charge is -2.36. The number of anilines is 2. The fourth-order valence-electron chi connectivity index (χ4n) is 4.53. The summed E-state index contributed by atoms with van der Waals surface area (Å²) >= 11 is 5.87. The van der Waals surface area contributed by atoms with Gasteiger partial charge in [-0.1, -0.05) is 17.7 Å². The van der Waals surface area contributed by atoms with E-state index in [1.165, 1.54) is 5.56 Å². The molecule has 3 aromatic rings. The van der Waals surface area contributed by atoms with Crippen LogP contribution in [0.1, 0.15) is 39.1 Å². The van der Waals surface area contributed by atoms with Gasteiger partial charge in [0.2, 0.25) is 0 Å². The van der Waals surface area contributed by atoms with Gasteiger partial charge >= 0.3 is 0 Å². The molecule has 39 heavy (non-hydrogen) atoms. The van der Waals surface area contributed by atoms with Crippen LogP contribution >= 0.6 is 24.0 Å². The number of hydrogen-bond donors (Lipinski definition) is 2. The van der Waals surface area contributed by atoms with E-state index in [-0.39, 0.29) is 24.2 Å². The Labute approximate surface area is 241 Å². The number of ether oxygens (including phenoxy) is 1. The Morgan fingerprint density at radius 2 is 1.51 bits per heavy atom. The molecule has 0 radical (unpaired) electrons. The molecule has 1 aliphatic heterocycles. The van der Waals surface area contributed by atoms with Gasteiger partial charge in [0, 0.05) is 54.6 Å². The molecule has 7 nitrogen and oxygen atoms in total. The summed E-state index contributed by atoms with van der Waals surface area (Å²) in [5, 5.41) is 6.40. The number of piperazine rings is 1. The van der Waals surface area contributed by atoms with Crippen LogP contribution in [0.3, 0.4) is 0 Å². The Balaban J connectivity index is 0.00000420. The summed E-state index contributed by atoms with van der Waals surface area (Å²) in [7, 11) is 1.73. The molecule has 1 aliphatic rings. The van der Waals surface area contributed by atoms with Gasteiger partial charge < -0.3 is 20.3 Å². The number of amides is 2. The summed E-state index contributed by atoms with van der Waals surface area (Å²) in [6.07, 6.45) is 1.96. The second-order valence-corrected chi connectivity index (χ2v) is 9.94. The minimum Gasteiger partial charge on any atom is -0.495 e. The number of halogens is 2. The number of unbranched alkanes of at least 4 members (excludes halogenated alkanes) is 1. The first kappa shape index (κ1) is 30.3. The highest BCUT2D eigenvalue weighted by molar-refractivity contribution is 6.30. The number of nitrogens with one attached hydrogen (secondary N) is 2. The highest BCUT2D eigenvalue weighted by Gasteiger charge is 2.19. The van der Waals surface area contributed by atoms with Crippen LogP contribution in [-0.2, 0) is 0 Å². The maximum atomic E-state index is 12.5. The summed E-state index contributed by atoms with van der Waals surface area (Å²) in [5.41, 5.74) is 4.08. The normalized spacial score (nSPS) is 13.4. The standard InChI is InChI=1S/C30H35ClN4O3.ClH/c1-22-5-14-27(28(21-22)38-2)35-19-17-34(18-20-35)16-4-3-15-32-29(36)23-8-12-26(13-9-23)33-30(37)24-6-10-25(31)11-7-24;/h5-14,21H,3-4,15-20H2,1-2H3,(H,32,36)(H,33,37);1H. The van der Waals surface area contributed by atoms with Crippen molar-refractivity contribution < 1.29 is 14.3 Å². The van der Waals surface area contributed by atoms with Gasteiger partial charge in [-0.15, -0.1) is 12.4 Å². The topological polar surface area (TPSA) is 73.9 Å². The molecule has 2 N–H and O–H groups in total. The van der Waals surface area contributed by atoms with Crippen LogP contribution in [0.15, 0.2) is 66.7 Å². The first-order valence-electron chi connectivity index (χ1n) is 13.0. The Morgan fingerprint density at radius 1 is 0.872 bits per heavy atom. The monoisotopic (exact) mass is 570 g/mol. The van der Waals surface area contributed by atoms with Crippen LogP contribution in [-0.4, -0.2) is 63.1 Å². The van der Waals surface area contributed by atoms with Crippen LogP contribution < -0.4 is 20.3 Å². The van der Waals surface area contributed by atoms with Crippen molar-refractivity contribution in [2.45, 2.75) is 19.8 Å². The van der Waals surface area contributed by atoms with Crippen molar-refractivity contribution in [3.63, 3.8) is 0 Å². The Hall–Kier alpha value is -3.26. The van der Waals surface area contributed by atoms with Gasteiger partial charge in [-0.05, 0) is 92.5 Å². The molecule has 0 aliphatic carbocycles. The summed E-state index contributed by atoms with van der Waals surface area (Å²) in [6.45, 7) is 7.73. The van der Waals surface area contributed by atoms with Gasteiger partial charge in [-0.3, -0.25) is 14.5 Å². The van der Waals surface area contributed by atoms with Crippen molar-refractivity contribution in [3.8, 4) is 5.75 Å². The maximum absolute atomic E-state index is 12.5. The lowest BCUT2D eigenvalue weighted by molar-refractivity contribution is 0.0952. The average Bonchev–Trinajstić information content (AvgIpc) is 2.94.